The summed E-state index contributed by atoms with van der Waals surface area (Å²) in [6, 6.07) is 0. The van der Waals surface area contributed by atoms with Crippen LogP contribution in [0.25, 0.3) is 0 Å². The summed E-state index contributed by atoms with van der Waals surface area (Å²) in [4.78, 5) is 4.42. The summed E-state index contributed by atoms with van der Waals surface area (Å²) < 4.78 is 0. The van der Waals surface area contributed by atoms with Crippen molar-refractivity contribution in [3.8, 4) is 0 Å². The van der Waals surface area contributed by atoms with Crippen LogP contribution < -0.4 is 5.73 Å². The van der Waals surface area contributed by atoms with Gasteiger partial charge in [0.2, 0.25) is 0 Å². The van der Waals surface area contributed by atoms with Gasteiger partial charge in [-0.1, -0.05) is 19.8 Å². The Labute approximate surface area is 95.9 Å². The predicted molar refractivity (Wildman–Crippen MR) is 65.0 cm³/mol. The van der Waals surface area contributed by atoms with Crippen LogP contribution in [-0.4, -0.2) is 11.5 Å². The lowest BCUT2D eigenvalue weighted by Crippen LogP contribution is -2.25. The first kappa shape index (κ1) is 11.1. The quantitative estimate of drug-likeness (QED) is 0.857. The molecule has 0 saturated heterocycles. The van der Waals surface area contributed by atoms with Crippen molar-refractivity contribution in [2.45, 2.75) is 38.5 Å². The molecule has 2 nitrogen and oxygen atoms in total. The molecule has 0 aliphatic heterocycles. The Balaban J connectivity index is 2.01. The highest BCUT2D eigenvalue weighted by Crippen LogP contribution is 2.37. The van der Waals surface area contributed by atoms with Crippen LogP contribution in [0, 0.1) is 11.8 Å². The van der Waals surface area contributed by atoms with Crippen LogP contribution in [-0.2, 0) is 0 Å². The van der Waals surface area contributed by atoms with Crippen molar-refractivity contribution < 1.29 is 0 Å². The number of nitrogens with zero attached hydrogens (tertiary/aromatic N) is 1. The third kappa shape index (κ3) is 2.58. The minimum absolute atomic E-state index is 0.512. The Hall–Kier alpha value is -0.410. The molecule has 1 aromatic rings. The van der Waals surface area contributed by atoms with Crippen LogP contribution in [0.1, 0.15) is 43.5 Å². The summed E-state index contributed by atoms with van der Waals surface area (Å²) in [6.45, 7) is 3.11. The topological polar surface area (TPSA) is 38.9 Å². The maximum absolute atomic E-state index is 5.90. The molecule has 1 heterocycles. The van der Waals surface area contributed by atoms with Crippen LogP contribution in [0.5, 0.6) is 0 Å². The number of nitrogens with two attached hydrogens (primary N) is 1. The summed E-state index contributed by atoms with van der Waals surface area (Å²) in [6.07, 6.45) is 7.30. The van der Waals surface area contributed by atoms with E-state index < -0.39 is 0 Å². The maximum Gasteiger partial charge on any atom is 0.0971 e. The third-order valence-electron chi connectivity index (χ3n) is 3.65. The fourth-order valence-electron chi connectivity index (χ4n) is 2.60. The fourth-order valence-corrected chi connectivity index (χ4v) is 3.45. The lowest BCUT2D eigenvalue weighted by molar-refractivity contribution is 0.255. The molecule has 1 atom stereocenters. The number of rotatable bonds is 3. The first-order chi connectivity index (χ1) is 7.31. The molecule has 1 aliphatic rings. The smallest absolute Gasteiger partial charge is 0.0971 e. The molecule has 15 heavy (non-hydrogen) atoms. The van der Waals surface area contributed by atoms with Gasteiger partial charge in [0, 0.05) is 24.0 Å². The van der Waals surface area contributed by atoms with Crippen molar-refractivity contribution >= 4 is 11.3 Å². The highest BCUT2D eigenvalue weighted by molar-refractivity contribution is 7.09. The summed E-state index contributed by atoms with van der Waals surface area (Å²) in [5, 5.41) is 3.31. The molecule has 0 radical (unpaired) electrons. The Morgan fingerprint density at radius 1 is 1.47 bits per heavy atom. The van der Waals surface area contributed by atoms with Crippen molar-refractivity contribution in [3.63, 3.8) is 0 Å². The highest BCUT2D eigenvalue weighted by atomic mass is 32.1. The predicted octanol–water partition coefficient (Wildman–Crippen LogP) is 3.01. The van der Waals surface area contributed by atoms with E-state index >= 15 is 0 Å². The average Bonchev–Trinajstić information content (AvgIpc) is 2.75. The van der Waals surface area contributed by atoms with Crippen molar-refractivity contribution in [2.75, 3.05) is 6.54 Å². The second-order valence-electron chi connectivity index (χ2n) is 4.73. The minimum atomic E-state index is 0.512. The standard InChI is InChI=1S/C12H20N2S/c1-9-2-4-10(5-3-9)11(8-13)12-14-6-7-15-12/h6-7,9-11H,2-5,8,13H2,1H3. The lowest BCUT2D eigenvalue weighted by atomic mass is 9.76. The van der Waals surface area contributed by atoms with Crippen molar-refractivity contribution in [1.82, 2.24) is 4.98 Å². The van der Waals surface area contributed by atoms with Crippen molar-refractivity contribution in [2.24, 2.45) is 17.6 Å². The van der Waals surface area contributed by atoms with E-state index in [1.807, 2.05) is 6.20 Å². The molecule has 3 heteroatoms. The summed E-state index contributed by atoms with van der Waals surface area (Å²) in [7, 11) is 0. The van der Waals surface area contributed by atoms with Crippen LogP contribution in [0.3, 0.4) is 0 Å². The van der Waals surface area contributed by atoms with Gasteiger partial charge in [-0.05, 0) is 24.7 Å². The molecule has 1 saturated carbocycles. The van der Waals surface area contributed by atoms with E-state index in [1.165, 1.54) is 30.7 Å². The molecule has 0 bridgehead atoms. The molecule has 1 fully saturated rings. The zero-order chi connectivity index (χ0) is 10.7. The maximum atomic E-state index is 5.90. The second-order valence-corrected chi connectivity index (χ2v) is 5.66. The Kier molecular flexibility index (Phi) is 3.76. The monoisotopic (exact) mass is 224 g/mol. The van der Waals surface area contributed by atoms with Gasteiger partial charge in [-0.25, -0.2) is 4.98 Å². The van der Waals surface area contributed by atoms with Gasteiger partial charge in [-0.3, -0.25) is 0 Å². The number of hydrogen-bond donors (Lipinski definition) is 1. The summed E-state index contributed by atoms with van der Waals surface area (Å²) in [5.74, 6) is 2.20. The van der Waals surface area contributed by atoms with Crippen LogP contribution >= 0.6 is 11.3 Å². The van der Waals surface area contributed by atoms with Crippen molar-refractivity contribution in [1.29, 1.82) is 0 Å². The second kappa shape index (κ2) is 5.08. The Morgan fingerprint density at radius 3 is 2.73 bits per heavy atom. The molecule has 2 rings (SSSR count). The van der Waals surface area contributed by atoms with Crippen LogP contribution in [0.4, 0.5) is 0 Å². The van der Waals surface area contributed by atoms with Gasteiger partial charge in [0.05, 0.1) is 5.01 Å². The van der Waals surface area contributed by atoms with Gasteiger partial charge in [0.25, 0.3) is 0 Å². The largest absolute Gasteiger partial charge is 0.330 e. The first-order valence-corrected chi connectivity index (χ1v) is 6.78. The Bertz CT molecular complexity index is 276. The van der Waals surface area contributed by atoms with E-state index in [4.69, 9.17) is 5.73 Å². The van der Waals surface area contributed by atoms with Gasteiger partial charge in [0.15, 0.2) is 0 Å². The van der Waals surface area contributed by atoms with Gasteiger partial charge in [-0.2, -0.15) is 0 Å². The van der Waals surface area contributed by atoms with Gasteiger partial charge in [-0.15, -0.1) is 11.3 Å². The van der Waals surface area contributed by atoms with E-state index in [-0.39, 0.29) is 0 Å². The molecular weight excluding hydrogens is 204 g/mol. The fraction of sp³-hybridized carbons (Fsp3) is 0.750. The molecular formula is C12H20N2S. The molecule has 1 aromatic heterocycles. The van der Waals surface area contributed by atoms with Crippen molar-refractivity contribution in [3.05, 3.63) is 16.6 Å². The number of aromatic nitrogens is 1. The SMILES string of the molecule is CC1CCC(C(CN)c2nccs2)CC1. The summed E-state index contributed by atoms with van der Waals surface area (Å²) in [5.41, 5.74) is 5.90. The van der Waals surface area contributed by atoms with E-state index in [2.05, 4.69) is 17.3 Å². The van der Waals surface area contributed by atoms with Gasteiger partial charge < -0.3 is 5.73 Å². The molecule has 0 aromatic carbocycles. The lowest BCUT2D eigenvalue weighted by Gasteiger charge is -2.31. The van der Waals surface area contributed by atoms with E-state index in [0.717, 1.165) is 18.4 Å². The van der Waals surface area contributed by atoms with Crippen LogP contribution in [0.15, 0.2) is 11.6 Å². The first-order valence-electron chi connectivity index (χ1n) is 5.90. The van der Waals surface area contributed by atoms with E-state index in [1.54, 1.807) is 11.3 Å². The van der Waals surface area contributed by atoms with E-state index in [0.29, 0.717) is 5.92 Å². The normalized spacial score (nSPS) is 28.9. The zero-order valence-electron chi connectivity index (χ0n) is 9.36. The van der Waals surface area contributed by atoms with Gasteiger partial charge in [0.1, 0.15) is 0 Å². The highest BCUT2D eigenvalue weighted by Gasteiger charge is 2.27. The molecule has 2 N–H and O–H groups in total. The van der Waals surface area contributed by atoms with Crippen LogP contribution in [0.2, 0.25) is 0 Å². The summed E-state index contributed by atoms with van der Waals surface area (Å²) >= 11 is 1.76. The van der Waals surface area contributed by atoms with E-state index in [9.17, 15) is 0 Å². The molecule has 84 valence electrons. The minimum Gasteiger partial charge on any atom is -0.330 e. The molecule has 0 spiro atoms. The average molecular weight is 224 g/mol. The zero-order valence-corrected chi connectivity index (χ0v) is 10.2. The van der Waals surface area contributed by atoms with Gasteiger partial charge >= 0.3 is 0 Å². The molecule has 1 unspecified atom stereocenters. The molecule has 0 amide bonds. The number of hydrogen-bond acceptors (Lipinski definition) is 3. The number of thiazole rings is 1. The molecule has 1 aliphatic carbocycles. The third-order valence-corrected chi connectivity index (χ3v) is 4.56. The Morgan fingerprint density at radius 2 is 2.20 bits per heavy atom.